The van der Waals surface area contributed by atoms with Crippen LogP contribution in [0.3, 0.4) is 0 Å². The normalized spacial score (nSPS) is 20.7. The summed E-state index contributed by atoms with van der Waals surface area (Å²) in [6.45, 7) is 11.3. The molecule has 3 rings (SSSR count). The summed E-state index contributed by atoms with van der Waals surface area (Å²) in [7, 11) is 1.89. The quantitative estimate of drug-likeness (QED) is 0.393. The van der Waals surface area contributed by atoms with E-state index in [1.54, 1.807) is 0 Å². The van der Waals surface area contributed by atoms with E-state index in [0.717, 1.165) is 63.7 Å². The summed E-state index contributed by atoms with van der Waals surface area (Å²) in [6, 6.07) is 8.88. The summed E-state index contributed by atoms with van der Waals surface area (Å²) in [5.41, 5.74) is 2.58. The first-order valence-corrected chi connectivity index (χ1v) is 10.0. The van der Waals surface area contributed by atoms with Crippen LogP contribution in [-0.2, 0) is 11.3 Å². The zero-order valence-electron chi connectivity index (χ0n) is 17.0. The zero-order chi connectivity index (χ0) is 18.4. The Kier molecular flexibility index (Phi) is 9.15. The Morgan fingerprint density at radius 2 is 1.89 bits per heavy atom. The highest BCUT2D eigenvalue weighted by molar-refractivity contribution is 14.0. The fraction of sp³-hybridized carbons (Fsp3) is 0.667. The molecule has 2 fully saturated rings. The monoisotopic (exact) mass is 486 g/mol. The van der Waals surface area contributed by atoms with E-state index < -0.39 is 0 Å². The van der Waals surface area contributed by atoms with Gasteiger partial charge in [-0.15, -0.1) is 24.0 Å². The molecule has 0 aliphatic carbocycles. The molecule has 2 saturated heterocycles. The van der Waals surface area contributed by atoms with Gasteiger partial charge < -0.3 is 19.9 Å². The zero-order valence-corrected chi connectivity index (χ0v) is 19.3. The summed E-state index contributed by atoms with van der Waals surface area (Å²) in [6.07, 6.45) is 2.60. The number of hydrogen-bond acceptors (Lipinski definition) is 3. The molecular formula is C21H35IN4O. The van der Waals surface area contributed by atoms with E-state index in [2.05, 4.69) is 58.2 Å². The van der Waals surface area contributed by atoms with E-state index in [4.69, 9.17) is 4.74 Å². The van der Waals surface area contributed by atoms with Crippen molar-refractivity contribution in [3.8, 4) is 0 Å². The number of nitrogens with zero attached hydrogens (tertiary/aromatic N) is 3. The number of nitrogens with one attached hydrogen (secondary N) is 1. The molecule has 27 heavy (non-hydrogen) atoms. The third-order valence-corrected chi connectivity index (χ3v) is 5.37. The lowest BCUT2D eigenvalue weighted by atomic mass is 9.97. The second-order valence-corrected chi connectivity index (χ2v) is 7.90. The van der Waals surface area contributed by atoms with Crippen LogP contribution < -0.4 is 10.2 Å². The van der Waals surface area contributed by atoms with Gasteiger partial charge in [-0.2, -0.15) is 0 Å². The molecular weight excluding hydrogens is 451 g/mol. The fourth-order valence-corrected chi connectivity index (χ4v) is 4.04. The lowest BCUT2D eigenvalue weighted by molar-refractivity contribution is 0.122. The third kappa shape index (κ3) is 6.52. The number of anilines is 1. The van der Waals surface area contributed by atoms with E-state index in [9.17, 15) is 0 Å². The van der Waals surface area contributed by atoms with Crippen molar-refractivity contribution in [1.82, 2.24) is 10.2 Å². The molecule has 152 valence electrons. The lowest BCUT2D eigenvalue weighted by Crippen LogP contribution is -2.39. The summed E-state index contributed by atoms with van der Waals surface area (Å²) in [4.78, 5) is 9.30. The number of halogens is 1. The third-order valence-electron chi connectivity index (χ3n) is 5.37. The van der Waals surface area contributed by atoms with Gasteiger partial charge in [0.25, 0.3) is 0 Å². The SMILES string of the molecule is CN=C(NCc1ccc(N2CCOCC2)cc1)N1CCC(CC(C)C)C1.I. The second kappa shape index (κ2) is 11.1. The number of hydrogen-bond donors (Lipinski definition) is 1. The smallest absolute Gasteiger partial charge is 0.193 e. The van der Waals surface area contributed by atoms with Gasteiger partial charge >= 0.3 is 0 Å². The van der Waals surface area contributed by atoms with Crippen LogP contribution in [0.1, 0.15) is 32.3 Å². The molecule has 1 atom stereocenters. The lowest BCUT2D eigenvalue weighted by Gasteiger charge is -2.29. The van der Waals surface area contributed by atoms with Crippen molar-refractivity contribution in [3.63, 3.8) is 0 Å². The van der Waals surface area contributed by atoms with E-state index in [1.165, 1.54) is 24.1 Å². The number of guanidine groups is 1. The summed E-state index contributed by atoms with van der Waals surface area (Å²) in [5, 5.41) is 3.54. The highest BCUT2D eigenvalue weighted by atomic mass is 127. The number of ether oxygens (including phenoxy) is 1. The molecule has 0 radical (unpaired) electrons. The minimum Gasteiger partial charge on any atom is -0.378 e. The Morgan fingerprint density at radius 3 is 2.52 bits per heavy atom. The number of likely N-dealkylation sites (tertiary alicyclic amines) is 1. The summed E-state index contributed by atoms with van der Waals surface area (Å²) in [5.74, 6) is 2.62. The van der Waals surface area contributed by atoms with Crippen LogP contribution >= 0.6 is 24.0 Å². The molecule has 2 aliphatic rings. The first-order valence-electron chi connectivity index (χ1n) is 10.0. The van der Waals surface area contributed by atoms with Gasteiger partial charge in [0.05, 0.1) is 13.2 Å². The van der Waals surface area contributed by atoms with Gasteiger partial charge in [-0.3, -0.25) is 4.99 Å². The van der Waals surface area contributed by atoms with Gasteiger partial charge in [0.1, 0.15) is 0 Å². The van der Waals surface area contributed by atoms with Gasteiger partial charge in [-0.05, 0) is 42.4 Å². The first kappa shape index (κ1) is 22.3. The molecule has 0 aromatic heterocycles. The van der Waals surface area contributed by atoms with Crippen molar-refractivity contribution >= 4 is 35.6 Å². The molecule has 2 heterocycles. The van der Waals surface area contributed by atoms with Gasteiger partial charge in [0.15, 0.2) is 5.96 Å². The van der Waals surface area contributed by atoms with Crippen LogP contribution in [-0.4, -0.2) is 57.3 Å². The summed E-state index contributed by atoms with van der Waals surface area (Å²) < 4.78 is 5.43. The minimum atomic E-state index is 0. The maximum atomic E-state index is 5.43. The first-order chi connectivity index (χ1) is 12.7. The van der Waals surface area contributed by atoms with Crippen LogP contribution in [0.2, 0.25) is 0 Å². The number of morpholine rings is 1. The fourth-order valence-electron chi connectivity index (χ4n) is 4.04. The Labute approximate surface area is 181 Å². The van der Waals surface area contributed by atoms with Crippen molar-refractivity contribution < 1.29 is 4.74 Å². The topological polar surface area (TPSA) is 40.1 Å². The Hall–Kier alpha value is -1.02. The standard InChI is InChI=1S/C21H34N4O.HI/c1-17(2)14-19-8-9-25(16-19)21(22-3)23-15-18-4-6-20(7-5-18)24-10-12-26-13-11-24;/h4-7,17,19H,8-16H2,1-3H3,(H,22,23);1H. The maximum absolute atomic E-state index is 5.43. The van der Waals surface area contributed by atoms with Crippen molar-refractivity contribution in [2.45, 2.75) is 33.2 Å². The molecule has 0 spiro atoms. The predicted octanol–water partition coefficient (Wildman–Crippen LogP) is 3.58. The van der Waals surface area contributed by atoms with Crippen molar-refractivity contribution in [1.29, 1.82) is 0 Å². The van der Waals surface area contributed by atoms with Crippen LogP contribution in [0.15, 0.2) is 29.3 Å². The maximum Gasteiger partial charge on any atom is 0.193 e. The molecule has 0 amide bonds. The molecule has 1 N–H and O–H groups in total. The van der Waals surface area contributed by atoms with Crippen LogP contribution in [0.4, 0.5) is 5.69 Å². The molecule has 1 aromatic carbocycles. The van der Waals surface area contributed by atoms with E-state index in [1.807, 2.05) is 7.05 Å². The average Bonchev–Trinajstić information content (AvgIpc) is 3.11. The molecule has 1 unspecified atom stereocenters. The largest absolute Gasteiger partial charge is 0.378 e. The van der Waals surface area contributed by atoms with Crippen molar-refractivity contribution in [2.24, 2.45) is 16.8 Å². The minimum absolute atomic E-state index is 0. The van der Waals surface area contributed by atoms with Crippen LogP contribution in [0.5, 0.6) is 0 Å². The molecule has 5 nitrogen and oxygen atoms in total. The predicted molar refractivity (Wildman–Crippen MR) is 124 cm³/mol. The Bertz CT molecular complexity index is 584. The molecule has 6 heteroatoms. The van der Waals surface area contributed by atoms with E-state index in [-0.39, 0.29) is 24.0 Å². The summed E-state index contributed by atoms with van der Waals surface area (Å²) >= 11 is 0. The van der Waals surface area contributed by atoms with Gasteiger partial charge in [-0.1, -0.05) is 26.0 Å². The van der Waals surface area contributed by atoms with Gasteiger partial charge in [0.2, 0.25) is 0 Å². The van der Waals surface area contributed by atoms with E-state index in [0.29, 0.717) is 0 Å². The van der Waals surface area contributed by atoms with Crippen LogP contribution in [0, 0.1) is 11.8 Å². The highest BCUT2D eigenvalue weighted by Crippen LogP contribution is 2.23. The molecule has 1 aromatic rings. The second-order valence-electron chi connectivity index (χ2n) is 7.90. The van der Waals surface area contributed by atoms with Crippen molar-refractivity contribution in [2.75, 3.05) is 51.3 Å². The Balaban J connectivity index is 0.00000261. The molecule has 2 aliphatic heterocycles. The highest BCUT2D eigenvalue weighted by Gasteiger charge is 2.25. The Morgan fingerprint density at radius 1 is 1.19 bits per heavy atom. The molecule has 0 saturated carbocycles. The molecule has 0 bridgehead atoms. The number of benzene rings is 1. The van der Waals surface area contributed by atoms with Crippen molar-refractivity contribution in [3.05, 3.63) is 29.8 Å². The number of aliphatic imine (C=N–C) groups is 1. The van der Waals surface area contributed by atoms with Gasteiger partial charge in [-0.25, -0.2) is 0 Å². The van der Waals surface area contributed by atoms with Gasteiger partial charge in [0, 0.05) is 45.5 Å². The number of rotatable bonds is 5. The van der Waals surface area contributed by atoms with Crippen LogP contribution in [0.25, 0.3) is 0 Å². The average molecular weight is 486 g/mol. The van der Waals surface area contributed by atoms with E-state index >= 15 is 0 Å².